The van der Waals surface area contributed by atoms with Gasteiger partial charge in [0.05, 0.1) is 0 Å². The summed E-state index contributed by atoms with van der Waals surface area (Å²) in [6, 6.07) is 0. The molecular formula is H10In2O2Sn. The van der Waals surface area contributed by atoms with Crippen LogP contribution in [-0.4, -0.2) is 86.1 Å². The average molecular weight is 390 g/mol. The number of hydrogen-bond donors (Lipinski definition) is 2. The molecule has 0 fully saturated rings. The molecule has 32 valence electrons. The van der Waals surface area contributed by atoms with E-state index in [4.69, 9.17) is 10.5 Å². The summed E-state index contributed by atoms with van der Waals surface area (Å²) in [6.45, 7) is 0. The molecule has 5 heavy (non-hydrogen) atoms. The monoisotopic (exact) mass is 392 g/mol. The van der Waals surface area contributed by atoms with Gasteiger partial charge in [-0.05, 0) is 0 Å². The summed E-state index contributed by atoms with van der Waals surface area (Å²) in [5, 5.41) is 12.0. The number of rotatable bonds is 0. The first-order chi connectivity index (χ1) is 1.00. The fourth-order valence-corrected chi connectivity index (χ4v) is 0. The Morgan fingerprint density at radius 2 is 0.800 bits per heavy atom. The minimum absolute atomic E-state index is 0. The van der Waals surface area contributed by atoms with Gasteiger partial charge in [-0.15, -0.1) is 0 Å². The molecule has 0 amide bonds. The maximum atomic E-state index is 6.00. The van der Waals surface area contributed by atoms with Gasteiger partial charge in [0.2, 0.25) is 0 Å². The number of hydrogen-bond acceptors (Lipinski definition) is 2. The molecule has 0 saturated heterocycles. The molecule has 0 rings (SSSR count). The second-order valence-electron chi connectivity index (χ2n) is 0. The predicted octanol–water partition coefficient (Wildman–Crippen LogP) is -3.27. The van der Waals surface area contributed by atoms with E-state index < -0.39 is 0 Å². The van der Waals surface area contributed by atoms with Gasteiger partial charge in [0.25, 0.3) is 0 Å². The maximum absolute atomic E-state index is 6.00. The molecule has 2 radical (unpaired) electrons. The zero-order valence-corrected chi connectivity index (χ0v) is 5.64. The Morgan fingerprint density at radius 3 is 0.800 bits per heavy atom. The Bertz CT molecular complexity index is 7.61. The molecule has 2 N–H and O–H groups in total. The fraction of sp³-hybridized carbons (Fsp3) is 0. The molecule has 0 spiro atoms. The van der Waals surface area contributed by atoms with Gasteiger partial charge in [-0.3, -0.25) is 10.5 Å². The molecule has 0 heterocycles. The van der Waals surface area contributed by atoms with E-state index in [2.05, 4.69) is 0 Å². The van der Waals surface area contributed by atoms with E-state index in [-0.39, 0.29) is 75.6 Å². The van der Waals surface area contributed by atoms with Crippen LogP contribution < -0.4 is 0 Å². The van der Waals surface area contributed by atoms with Crippen molar-refractivity contribution in [3.05, 3.63) is 0 Å². The quantitative estimate of drug-likeness (QED) is 0.259. The molecular weight excluding hydrogens is 380 g/mol. The Balaban J connectivity index is -0.00000000167. The summed E-state index contributed by atoms with van der Waals surface area (Å²) in [4.78, 5) is 0. The molecule has 2 nitrogen and oxygen atoms in total. The Kier molecular flexibility index (Phi) is 166. The summed E-state index contributed by atoms with van der Waals surface area (Å²) < 4.78 is 0. The summed E-state index contributed by atoms with van der Waals surface area (Å²) in [6.07, 6.45) is 0. The van der Waals surface area contributed by atoms with E-state index in [9.17, 15) is 0 Å². The summed E-state index contributed by atoms with van der Waals surface area (Å²) in [5.41, 5.74) is 0. The van der Waals surface area contributed by atoms with Crippen LogP contribution in [0.15, 0.2) is 0 Å². The molecule has 0 aromatic carbocycles. The van der Waals surface area contributed by atoms with Crippen LogP contribution in [0.2, 0.25) is 0 Å². The van der Waals surface area contributed by atoms with E-state index >= 15 is 0 Å². The third-order valence-corrected chi connectivity index (χ3v) is 0. The minimum atomic E-state index is 0. The zero-order chi connectivity index (χ0) is 2.00. The predicted molar refractivity (Wildman–Crippen MR) is 33.7 cm³/mol. The third-order valence-electron chi connectivity index (χ3n) is 0. The van der Waals surface area contributed by atoms with Gasteiger partial charge in [-0.25, -0.2) is 0 Å². The molecule has 0 atom stereocenters. The van der Waals surface area contributed by atoms with Gasteiger partial charge in [0.15, 0.2) is 0 Å². The van der Waals surface area contributed by atoms with Crippen molar-refractivity contribution in [2.75, 3.05) is 0 Å². The molecule has 0 aromatic rings. The van der Waals surface area contributed by atoms with Crippen molar-refractivity contribution in [1.82, 2.24) is 0 Å². The van der Waals surface area contributed by atoms with Crippen LogP contribution in [0.3, 0.4) is 0 Å². The second-order valence-corrected chi connectivity index (χ2v) is 0. The van der Waals surface area contributed by atoms with Crippen molar-refractivity contribution < 1.29 is 10.5 Å². The Labute approximate surface area is 84.8 Å². The topological polar surface area (TPSA) is 40.5 Å². The standard InChI is InChI=1S/2In.H2O2.Sn.8H/c;;1-2;;;;;;;;;/h;;1-2H;;;;;;;;;. The molecule has 0 aromatic heterocycles. The average Bonchev–Trinajstić information content (AvgIpc) is 1.00. The molecule has 0 aliphatic heterocycles. The summed E-state index contributed by atoms with van der Waals surface area (Å²) in [7, 11) is 0. The van der Waals surface area contributed by atoms with Crippen LogP contribution in [0.4, 0.5) is 0 Å². The summed E-state index contributed by atoms with van der Waals surface area (Å²) >= 11 is 0. The molecule has 0 unspecified atom stereocenters. The van der Waals surface area contributed by atoms with Gasteiger partial charge in [-0.1, -0.05) is 0 Å². The SMILES string of the molecule is OO.[InH3].[InH3].[SnH2]. The van der Waals surface area contributed by atoms with Gasteiger partial charge in [-0.2, -0.15) is 0 Å². The van der Waals surface area contributed by atoms with Crippen LogP contribution in [0.1, 0.15) is 0 Å². The first kappa shape index (κ1) is 26.0. The zero-order valence-electron chi connectivity index (χ0n) is 1.60. The van der Waals surface area contributed by atoms with Gasteiger partial charge in [0, 0.05) is 0 Å². The van der Waals surface area contributed by atoms with E-state index in [0.29, 0.717) is 0 Å². The van der Waals surface area contributed by atoms with Gasteiger partial charge >= 0.3 is 75.6 Å². The fourth-order valence-electron chi connectivity index (χ4n) is 0. The second kappa shape index (κ2) is 31.8. The Hall–Kier alpha value is 2.46. The van der Waals surface area contributed by atoms with Crippen molar-refractivity contribution in [2.24, 2.45) is 0 Å². The van der Waals surface area contributed by atoms with Crippen molar-refractivity contribution in [2.45, 2.75) is 0 Å². The molecule has 0 aliphatic carbocycles. The van der Waals surface area contributed by atoms with Crippen LogP contribution in [0, 0.1) is 0 Å². The Morgan fingerprint density at radius 1 is 0.800 bits per heavy atom. The third kappa shape index (κ3) is 21.2. The van der Waals surface area contributed by atoms with E-state index in [1.807, 2.05) is 0 Å². The van der Waals surface area contributed by atoms with Gasteiger partial charge in [0.1, 0.15) is 0 Å². The van der Waals surface area contributed by atoms with E-state index in [1.165, 1.54) is 0 Å². The van der Waals surface area contributed by atoms with Crippen molar-refractivity contribution in [1.29, 1.82) is 0 Å². The van der Waals surface area contributed by atoms with Crippen molar-refractivity contribution in [3.8, 4) is 0 Å². The molecule has 0 bridgehead atoms. The molecule has 0 saturated carbocycles. The normalized spacial score (nSPS) is 1.20. The van der Waals surface area contributed by atoms with Gasteiger partial charge < -0.3 is 0 Å². The van der Waals surface area contributed by atoms with Crippen LogP contribution in [0.25, 0.3) is 0 Å². The van der Waals surface area contributed by atoms with E-state index in [1.54, 1.807) is 0 Å². The van der Waals surface area contributed by atoms with Crippen LogP contribution in [-0.2, 0) is 0 Å². The van der Waals surface area contributed by atoms with Crippen molar-refractivity contribution >= 4 is 75.6 Å². The van der Waals surface area contributed by atoms with Crippen molar-refractivity contribution in [3.63, 3.8) is 0 Å². The summed E-state index contributed by atoms with van der Waals surface area (Å²) in [5.74, 6) is 0. The molecule has 5 heteroatoms. The van der Waals surface area contributed by atoms with Crippen LogP contribution in [0.5, 0.6) is 0 Å². The first-order valence-electron chi connectivity index (χ1n) is 0.200. The van der Waals surface area contributed by atoms with E-state index in [0.717, 1.165) is 0 Å². The molecule has 0 aliphatic rings. The first-order valence-corrected chi connectivity index (χ1v) is 0.200. The van der Waals surface area contributed by atoms with Crippen LogP contribution >= 0.6 is 0 Å².